The van der Waals surface area contributed by atoms with Crippen molar-refractivity contribution in [3.05, 3.63) is 42.2 Å². The lowest BCUT2D eigenvalue weighted by atomic mass is 10.2. The minimum atomic E-state index is 0.480. The zero-order valence-corrected chi connectivity index (χ0v) is 18.2. The Labute approximate surface area is 184 Å². The summed E-state index contributed by atoms with van der Waals surface area (Å²) in [6, 6.07) is 10.4. The molecular weight excluding hydrogens is 410 g/mol. The zero-order valence-electron chi connectivity index (χ0n) is 17.4. The van der Waals surface area contributed by atoms with Crippen LogP contribution < -0.4 is 5.32 Å². The quantitative estimate of drug-likeness (QED) is 0.476. The van der Waals surface area contributed by atoms with Gasteiger partial charge in [-0.25, -0.2) is 0 Å². The molecule has 0 aliphatic carbocycles. The number of carbonyl (C=O) groups excluding carboxylic acids is 1. The van der Waals surface area contributed by atoms with Gasteiger partial charge in [-0.3, -0.25) is 19.8 Å². The van der Waals surface area contributed by atoms with Gasteiger partial charge >= 0.3 is 0 Å². The summed E-state index contributed by atoms with van der Waals surface area (Å²) in [5, 5.41) is 11.3. The monoisotopic (exact) mass is 435 g/mol. The Balaban J connectivity index is 0.000000171. The molecule has 2 N–H and O–H groups in total. The van der Waals surface area contributed by atoms with Crippen LogP contribution in [0.15, 0.2) is 36.5 Å². The van der Waals surface area contributed by atoms with Gasteiger partial charge in [-0.2, -0.15) is 9.47 Å². The number of likely N-dealkylation sites (N-methyl/N-ethyl adjacent to an activating group) is 1. The Morgan fingerprint density at radius 1 is 1.26 bits per heavy atom. The van der Waals surface area contributed by atoms with E-state index in [4.69, 9.17) is 0 Å². The summed E-state index contributed by atoms with van der Waals surface area (Å²) in [6.07, 6.45) is 5.37. The maximum atomic E-state index is 10.9. The summed E-state index contributed by atoms with van der Waals surface area (Å²) < 4.78 is 5.07. The number of nitrogens with zero attached hydrogens (tertiary/aromatic N) is 5. The second-order valence-electron chi connectivity index (χ2n) is 8.09. The molecule has 0 amide bonds. The highest BCUT2D eigenvalue weighted by atomic mass is 32.1. The Morgan fingerprint density at radius 2 is 2.19 bits per heavy atom. The molecule has 1 unspecified atom stereocenters. The summed E-state index contributed by atoms with van der Waals surface area (Å²) in [7, 11) is 2.23. The van der Waals surface area contributed by atoms with Gasteiger partial charge < -0.3 is 10.2 Å². The third-order valence-corrected chi connectivity index (χ3v) is 6.81. The Morgan fingerprint density at radius 3 is 3.10 bits per heavy atom. The molecule has 6 rings (SSSR count). The number of rotatable bonds is 3. The lowest BCUT2D eigenvalue weighted by molar-refractivity contribution is 0.112. The Hall–Kier alpha value is -2.88. The van der Waals surface area contributed by atoms with E-state index in [0.717, 1.165) is 39.1 Å². The predicted octanol–water partition coefficient (Wildman–Crippen LogP) is 3.52. The fourth-order valence-corrected chi connectivity index (χ4v) is 5.13. The highest BCUT2D eigenvalue weighted by Gasteiger charge is 2.28. The largest absolute Gasteiger partial charge is 0.337 e. The lowest BCUT2D eigenvalue weighted by Crippen LogP contribution is -2.48. The first kappa shape index (κ1) is 20.0. The number of hydrogen-bond acceptors (Lipinski definition) is 8. The molecule has 160 valence electrons. The van der Waals surface area contributed by atoms with Crippen LogP contribution in [0.4, 0.5) is 11.5 Å². The van der Waals surface area contributed by atoms with Gasteiger partial charge in [0.1, 0.15) is 11.2 Å². The molecule has 0 saturated carbocycles. The number of carbonyl (C=O) groups is 1. The molecule has 0 spiro atoms. The Bertz CT molecular complexity index is 1200. The molecule has 1 atom stereocenters. The molecule has 2 saturated heterocycles. The maximum Gasteiger partial charge on any atom is 0.178 e. The van der Waals surface area contributed by atoms with Crippen molar-refractivity contribution in [2.75, 3.05) is 38.5 Å². The van der Waals surface area contributed by atoms with Gasteiger partial charge in [0.2, 0.25) is 0 Å². The van der Waals surface area contributed by atoms with Gasteiger partial charge in [0.25, 0.3) is 0 Å². The van der Waals surface area contributed by atoms with E-state index in [-0.39, 0.29) is 0 Å². The minimum absolute atomic E-state index is 0.480. The molecule has 3 aromatic heterocycles. The van der Waals surface area contributed by atoms with Gasteiger partial charge in [0, 0.05) is 42.9 Å². The summed E-state index contributed by atoms with van der Waals surface area (Å²) in [5.74, 6) is 0.671. The van der Waals surface area contributed by atoms with Crippen molar-refractivity contribution in [2.45, 2.75) is 18.9 Å². The van der Waals surface area contributed by atoms with Crippen LogP contribution in [0.25, 0.3) is 21.1 Å². The smallest absolute Gasteiger partial charge is 0.178 e. The number of piperazine rings is 1. The lowest BCUT2D eigenvalue weighted by Gasteiger charge is -2.35. The van der Waals surface area contributed by atoms with Crippen LogP contribution in [0.2, 0.25) is 0 Å². The van der Waals surface area contributed by atoms with Crippen LogP contribution in [-0.4, -0.2) is 74.9 Å². The van der Waals surface area contributed by atoms with Crippen LogP contribution in [0.1, 0.15) is 23.3 Å². The van der Waals surface area contributed by atoms with Gasteiger partial charge in [-0.05, 0) is 68.3 Å². The van der Waals surface area contributed by atoms with E-state index in [1.54, 1.807) is 6.20 Å². The number of benzene rings is 1. The first-order chi connectivity index (χ1) is 15.2. The molecular formula is C22H25N7OS. The summed E-state index contributed by atoms with van der Waals surface area (Å²) >= 11 is 1.30. The van der Waals surface area contributed by atoms with Crippen molar-refractivity contribution in [2.24, 2.45) is 0 Å². The SMILES string of the molecule is CN1CCN2CCCC2C1.O=Cc1nsc2cc(Nc3n[nH]c4cccnc34)ccc12. The normalized spacial score (nSPS) is 19.2. The number of aldehydes is 1. The molecule has 5 heterocycles. The van der Waals surface area contributed by atoms with Crippen molar-refractivity contribution in [1.82, 2.24) is 29.4 Å². The number of nitrogens with one attached hydrogen (secondary N) is 2. The van der Waals surface area contributed by atoms with E-state index in [0.29, 0.717) is 11.5 Å². The first-order valence-electron chi connectivity index (χ1n) is 10.5. The third kappa shape index (κ3) is 4.16. The molecule has 0 radical (unpaired) electrons. The van der Waals surface area contributed by atoms with Gasteiger partial charge in [0.05, 0.1) is 10.2 Å². The number of aromatic amines is 1. The van der Waals surface area contributed by atoms with E-state index in [2.05, 4.69) is 41.7 Å². The molecule has 2 aliphatic heterocycles. The fraction of sp³-hybridized carbons (Fsp3) is 0.364. The number of aromatic nitrogens is 4. The number of fused-ring (bicyclic) bond motifs is 3. The molecule has 31 heavy (non-hydrogen) atoms. The minimum Gasteiger partial charge on any atom is -0.337 e. The van der Waals surface area contributed by atoms with Crippen molar-refractivity contribution >= 4 is 50.4 Å². The summed E-state index contributed by atoms with van der Waals surface area (Å²) in [4.78, 5) is 20.3. The Kier molecular flexibility index (Phi) is 5.63. The van der Waals surface area contributed by atoms with E-state index in [1.165, 1.54) is 50.6 Å². The summed E-state index contributed by atoms with van der Waals surface area (Å²) in [6.45, 7) is 5.25. The first-order valence-corrected chi connectivity index (χ1v) is 11.3. The molecule has 4 aromatic rings. The number of anilines is 2. The van der Waals surface area contributed by atoms with Gasteiger partial charge in [0.15, 0.2) is 12.1 Å². The molecule has 2 fully saturated rings. The average Bonchev–Trinajstić information content (AvgIpc) is 3.52. The number of hydrogen-bond donors (Lipinski definition) is 2. The van der Waals surface area contributed by atoms with E-state index < -0.39 is 0 Å². The molecule has 8 nitrogen and oxygen atoms in total. The molecule has 1 aromatic carbocycles. The average molecular weight is 436 g/mol. The van der Waals surface area contributed by atoms with E-state index >= 15 is 0 Å². The third-order valence-electron chi connectivity index (χ3n) is 5.98. The van der Waals surface area contributed by atoms with Gasteiger partial charge in [-0.15, -0.1) is 0 Å². The topological polar surface area (TPSA) is 90.0 Å². The van der Waals surface area contributed by atoms with Crippen molar-refractivity contribution < 1.29 is 4.79 Å². The fourth-order valence-electron chi connectivity index (χ4n) is 4.34. The van der Waals surface area contributed by atoms with Crippen molar-refractivity contribution in [3.63, 3.8) is 0 Å². The van der Waals surface area contributed by atoms with E-state index in [9.17, 15) is 4.79 Å². The van der Waals surface area contributed by atoms with Crippen LogP contribution in [0, 0.1) is 0 Å². The number of H-pyrrole nitrogens is 1. The van der Waals surface area contributed by atoms with E-state index in [1.807, 2.05) is 30.3 Å². The van der Waals surface area contributed by atoms with Crippen LogP contribution >= 0.6 is 11.5 Å². The second kappa shape index (κ2) is 8.70. The van der Waals surface area contributed by atoms with Crippen molar-refractivity contribution in [3.8, 4) is 0 Å². The predicted molar refractivity (Wildman–Crippen MR) is 124 cm³/mol. The zero-order chi connectivity index (χ0) is 21.2. The highest BCUT2D eigenvalue weighted by molar-refractivity contribution is 7.13. The molecule has 2 aliphatic rings. The maximum absolute atomic E-state index is 10.9. The molecule has 9 heteroatoms. The van der Waals surface area contributed by atoms with Crippen LogP contribution in [-0.2, 0) is 0 Å². The summed E-state index contributed by atoms with van der Waals surface area (Å²) in [5.41, 5.74) is 3.02. The highest BCUT2D eigenvalue weighted by Crippen LogP contribution is 2.28. The molecule has 0 bridgehead atoms. The van der Waals surface area contributed by atoms with Crippen molar-refractivity contribution in [1.29, 1.82) is 0 Å². The standard InChI is InChI=1S/C14H9N5OS.C8H16N2/c20-7-11-9-4-3-8(6-12(9)21-19-11)16-14-13-10(17-18-14)2-1-5-15-13;1-9-5-6-10-4-2-3-8(10)7-9/h1-7H,(H2,16,17,18);8H,2-7H2,1H3. The van der Waals surface area contributed by atoms with Gasteiger partial charge in [-0.1, -0.05) is 0 Å². The number of pyridine rings is 1. The van der Waals surface area contributed by atoms with Crippen LogP contribution in [0.3, 0.4) is 0 Å². The second-order valence-corrected chi connectivity index (χ2v) is 8.89. The van der Waals surface area contributed by atoms with Crippen LogP contribution in [0.5, 0.6) is 0 Å².